The normalized spacial score (nSPS) is 17.3. The predicted octanol–water partition coefficient (Wildman–Crippen LogP) is 1.37. The van der Waals surface area contributed by atoms with Crippen LogP contribution >= 0.6 is 0 Å². The molecule has 1 aliphatic carbocycles. The number of nitrogens with zero attached hydrogens (tertiary/aromatic N) is 3. The second kappa shape index (κ2) is 9.12. The van der Waals surface area contributed by atoms with Crippen molar-refractivity contribution >= 4 is 34.8 Å². The number of aromatic nitrogens is 3. The molecule has 3 amide bonds. The summed E-state index contributed by atoms with van der Waals surface area (Å²) in [7, 11) is 0. The third kappa shape index (κ3) is 4.54. The minimum Gasteiger partial charge on any atom is -0.482 e. The second-order valence-corrected chi connectivity index (χ2v) is 8.34. The van der Waals surface area contributed by atoms with Gasteiger partial charge in [-0.25, -0.2) is 13.9 Å². The fourth-order valence-corrected chi connectivity index (χ4v) is 4.10. The van der Waals surface area contributed by atoms with E-state index in [9.17, 15) is 23.6 Å². The zero-order valence-electron chi connectivity index (χ0n) is 18.5. The first kappa shape index (κ1) is 22.4. The molecule has 11 nitrogen and oxygen atoms in total. The molecule has 2 aromatic heterocycles. The highest BCUT2D eigenvalue weighted by molar-refractivity contribution is 6.00. The molecule has 1 atom stereocenters. The Bertz CT molecular complexity index is 1370. The number of Topliss-reactive ketones (excluding diaryl/α,β-unsaturated/α-hetero) is 1. The number of ether oxygens (including phenoxy) is 1. The summed E-state index contributed by atoms with van der Waals surface area (Å²) < 4.78 is 20.6. The van der Waals surface area contributed by atoms with Crippen LogP contribution in [0.5, 0.6) is 5.75 Å². The molecule has 0 bridgehead atoms. The highest BCUT2D eigenvalue weighted by Gasteiger charge is 2.27. The van der Waals surface area contributed by atoms with E-state index < -0.39 is 23.7 Å². The lowest BCUT2D eigenvalue weighted by atomic mass is 9.94. The van der Waals surface area contributed by atoms with Gasteiger partial charge in [0.15, 0.2) is 23.9 Å². The minimum atomic E-state index is -0.798. The first-order valence-corrected chi connectivity index (χ1v) is 11.1. The summed E-state index contributed by atoms with van der Waals surface area (Å²) in [6.07, 6.45) is 3.40. The van der Waals surface area contributed by atoms with E-state index in [1.54, 1.807) is 18.2 Å². The van der Waals surface area contributed by atoms with Gasteiger partial charge in [0.2, 0.25) is 0 Å². The van der Waals surface area contributed by atoms with E-state index in [1.165, 1.54) is 6.07 Å². The Labute approximate surface area is 198 Å². The van der Waals surface area contributed by atoms with E-state index >= 15 is 0 Å². The number of rotatable bonds is 5. The Kier molecular flexibility index (Phi) is 5.85. The van der Waals surface area contributed by atoms with Crippen molar-refractivity contribution in [3.8, 4) is 5.75 Å². The number of hydrogen-bond acceptors (Lipinski definition) is 7. The fraction of sp³-hybridized carbons (Fsp3) is 0.304. The van der Waals surface area contributed by atoms with Gasteiger partial charge in [0.25, 0.3) is 17.7 Å². The van der Waals surface area contributed by atoms with Crippen LogP contribution in [0.2, 0.25) is 0 Å². The largest absolute Gasteiger partial charge is 0.482 e. The molecule has 0 spiro atoms. The molecule has 3 aromatic rings. The van der Waals surface area contributed by atoms with Gasteiger partial charge in [-0.2, -0.15) is 5.10 Å². The van der Waals surface area contributed by atoms with Gasteiger partial charge in [-0.1, -0.05) is 12.5 Å². The molecule has 1 aromatic carbocycles. The molecule has 2 aliphatic rings. The minimum absolute atomic E-state index is 0.0623. The van der Waals surface area contributed by atoms with Gasteiger partial charge in [-0.3, -0.25) is 19.2 Å². The van der Waals surface area contributed by atoms with Gasteiger partial charge in [-0.05, 0) is 30.5 Å². The van der Waals surface area contributed by atoms with Crippen molar-refractivity contribution in [3.05, 3.63) is 53.2 Å². The van der Waals surface area contributed by atoms with E-state index in [2.05, 4.69) is 26.0 Å². The molecule has 180 valence electrons. The number of halogens is 1. The maximum Gasteiger partial charge on any atom is 0.270 e. The SMILES string of the molecule is O=C1COc2ccc(CNC(=O)c3cc(C(=O)NC4CCCCC4=O)n4ncc(F)c4n3)cc2N1. The highest BCUT2D eigenvalue weighted by atomic mass is 19.1. The number of carbonyl (C=O) groups excluding carboxylic acids is 4. The Morgan fingerprint density at radius 3 is 2.89 bits per heavy atom. The molecule has 35 heavy (non-hydrogen) atoms. The highest BCUT2D eigenvalue weighted by Crippen LogP contribution is 2.28. The third-order valence-corrected chi connectivity index (χ3v) is 5.88. The number of ketones is 1. The number of anilines is 1. The van der Waals surface area contributed by atoms with Gasteiger partial charge < -0.3 is 20.7 Å². The zero-order valence-corrected chi connectivity index (χ0v) is 18.5. The van der Waals surface area contributed by atoms with E-state index in [-0.39, 0.29) is 41.9 Å². The van der Waals surface area contributed by atoms with Crippen molar-refractivity contribution in [3.63, 3.8) is 0 Å². The Morgan fingerprint density at radius 2 is 2.06 bits per heavy atom. The molecule has 3 N–H and O–H groups in total. The van der Waals surface area contributed by atoms with Crippen LogP contribution in [0.4, 0.5) is 10.1 Å². The molecule has 1 saturated carbocycles. The van der Waals surface area contributed by atoms with Crippen LogP contribution in [0.25, 0.3) is 5.65 Å². The van der Waals surface area contributed by atoms with E-state index in [1.807, 2.05) is 0 Å². The molecule has 0 radical (unpaired) electrons. The van der Waals surface area contributed by atoms with Crippen LogP contribution in [-0.2, 0) is 16.1 Å². The van der Waals surface area contributed by atoms with Gasteiger partial charge in [0, 0.05) is 19.0 Å². The van der Waals surface area contributed by atoms with Gasteiger partial charge in [0.1, 0.15) is 17.1 Å². The van der Waals surface area contributed by atoms with Crippen molar-refractivity contribution < 1.29 is 28.3 Å². The van der Waals surface area contributed by atoms with Crippen LogP contribution in [0.3, 0.4) is 0 Å². The van der Waals surface area contributed by atoms with Crippen molar-refractivity contribution in [1.82, 2.24) is 25.2 Å². The number of hydrogen-bond donors (Lipinski definition) is 3. The number of nitrogens with one attached hydrogen (secondary N) is 3. The average Bonchev–Trinajstić information content (AvgIpc) is 3.23. The van der Waals surface area contributed by atoms with Crippen molar-refractivity contribution in [1.29, 1.82) is 0 Å². The van der Waals surface area contributed by atoms with Gasteiger partial charge >= 0.3 is 0 Å². The average molecular weight is 480 g/mol. The van der Waals surface area contributed by atoms with E-state index in [4.69, 9.17) is 4.74 Å². The summed E-state index contributed by atoms with van der Waals surface area (Å²) >= 11 is 0. The lowest BCUT2D eigenvalue weighted by Gasteiger charge is -2.21. The number of amides is 3. The number of carbonyl (C=O) groups is 4. The first-order valence-electron chi connectivity index (χ1n) is 11.1. The Morgan fingerprint density at radius 1 is 1.20 bits per heavy atom. The van der Waals surface area contributed by atoms with Crippen molar-refractivity contribution in [2.75, 3.05) is 11.9 Å². The van der Waals surface area contributed by atoms with E-state index in [0.29, 0.717) is 29.8 Å². The monoisotopic (exact) mass is 480 g/mol. The maximum absolute atomic E-state index is 14.3. The number of fused-ring (bicyclic) bond motifs is 2. The second-order valence-electron chi connectivity index (χ2n) is 8.34. The topological polar surface area (TPSA) is 144 Å². The molecule has 5 rings (SSSR count). The standard InChI is InChI=1S/C23H21FN6O5/c24-13-10-26-30-17(23(34)29-14-3-1-2-4-18(14)31)8-16(28-21(13)30)22(33)25-9-12-5-6-19-15(7-12)27-20(32)11-35-19/h5-8,10,14H,1-4,9,11H2,(H,25,33)(H,27,32)(H,29,34). The summed E-state index contributed by atoms with van der Waals surface area (Å²) in [5.74, 6) is -1.91. The van der Waals surface area contributed by atoms with Crippen LogP contribution in [-0.4, -0.2) is 50.8 Å². The first-order chi connectivity index (χ1) is 16.9. The summed E-state index contributed by atoms with van der Waals surface area (Å²) in [6.45, 7) is 0.0158. The zero-order chi connectivity index (χ0) is 24.5. The van der Waals surface area contributed by atoms with Crippen LogP contribution in [0.15, 0.2) is 30.5 Å². The third-order valence-electron chi connectivity index (χ3n) is 5.88. The molecule has 1 unspecified atom stereocenters. The predicted molar refractivity (Wildman–Crippen MR) is 119 cm³/mol. The van der Waals surface area contributed by atoms with Crippen molar-refractivity contribution in [2.24, 2.45) is 0 Å². The lowest BCUT2D eigenvalue weighted by molar-refractivity contribution is -0.122. The van der Waals surface area contributed by atoms with Crippen LogP contribution < -0.4 is 20.7 Å². The molecule has 3 heterocycles. The molecule has 1 aliphatic heterocycles. The summed E-state index contributed by atoms with van der Waals surface area (Å²) in [5.41, 5.74) is 0.576. The smallest absolute Gasteiger partial charge is 0.270 e. The molecule has 0 saturated heterocycles. The van der Waals surface area contributed by atoms with Gasteiger partial charge in [0.05, 0.1) is 17.9 Å². The molecule has 12 heteroatoms. The quantitative estimate of drug-likeness (QED) is 0.500. The van der Waals surface area contributed by atoms with Gasteiger partial charge in [-0.15, -0.1) is 0 Å². The summed E-state index contributed by atoms with van der Waals surface area (Å²) in [5, 5.41) is 11.9. The van der Waals surface area contributed by atoms with Crippen LogP contribution in [0, 0.1) is 5.82 Å². The van der Waals surface area contributed by atoms with E-state index in [0.717, 1.165) is 23.6 Å². The Balaban J connectivity index is 1.36. The van der Waals surface area contributed by atoms with Crippen molar-refractivity contribution in [2.45, 2.75) is 38.3 Å². The summed E-state index contributed by atoms with van der Waals surface area (Å²) in [4.78, 5) is 53.5. The molecular weight excluding hydrogens is 459 g/mol. The lowest BCUT2D eigenvalue weighted by Crippen LogP contribution is -2.43. The van der Waals surface area contributed by atoms with Crippen LogP contribution in [0.1, 0.15) is 52.2 Å². The number of benzene rings is 1. The molecule has 1 fully saturated rings. The molecular formula is C23H21FN6O5. The summed E-state index contributed by atoms with van der Waals surface area (Å²) in [6, 6.07) is 5.64. The fourth-order valence-electron chi connectivity index (χ4n) is 4.10. The maximum atomic E-state index is 14.3. The Hall–Kier alpha value is -4.35.